The first-order valence-electron chi connectivity index (χ1n) is 15.6. The molecule has 0 bridgehead atoms. The van der Waals surface area contributed by atoms with Crippen molar-refractivity contribution in [3.63, 3.8) is 0 Å². The van der Waals surface area contributed by atoms with Crippen LogP contribution in [0.3, 0.4) is 0 Å². The van der Waals surface area contributed by atoms with Gasteiger partial charge in [-0.25, -0.2) is 0 Å². The second-order valence-electron chi connectivity index (χ2n) is 11.4. The third kappa shape index (κ3) is 8.97. The first-order valence-corrected chi connectivity index (χ1v) is 15.6. The number of unbranched alkanes of at least 4 members (excludes halogenated alkanes) is 3. The van der Waals surface area contributed by atoms with E-state index in [1.54, 1.807) is 9.80 Å². The fourth-order valence-corrected chi connectivity index (χ4v) is 5.35. The van der Waals surface area contributed by atoms with Gasteiger partial charge in [0, 0.05) is 42.3 Å². The number of fused-ring (bicyclic) bond motifs is 1. The number of para-hydroxylation sites is 1. The summed E-state index contributed by atoms with van der Waals surface area (Å²) in [5.74, 6) is -0.441. The highest BCUT2D eigenvalue weighted by Crippen LogP contribution is 2.29. The van der Waals surface area contributed by atoms with E-state index in [9.17, 15) is 22.8 Å². The zero-order valence-corrected chi connectivity index (χ0v) is 25.6. The molecule has 0 radical (unpaired) electrons. The van der Waals surface area contributed by atoms with Crippen molar-refractivity contribution in [2.75, 3.05) is 19.6 Å². The summed E-state index contributed by atoms with van der Waals surface area (Å²) in [4.78, 5) is 34.0. The molecule has 1 N–H and O–H groups in total. The molecule has 2 amide bonds. The SMILES string of the molecule is CCCCCc1ccc(C(=O)N(CCCC)CC(=O)N(CCc2c[nH]c3ccccc23)Cc2ccc(C(F)(F)F)cc2)cc1. The van der Waals surface area contributed by atoms with Crippen molar-refractivity contribution < 1.29 is 22.8 Å². The van der Waals surface area contributed by atoms with E-state index in [0.717, 1.165) is 67.1 Å². The molecule has 0 atom stereocenters. The number of aryl methyl sites for hydroxylation is 1. The van der Waals surface area contributed by atoms with Crippen molar-refractivity contribution in [1.29, 1.82) is 0 Å². The highest BCUT2D eigenvalue weighted by atomic mass is 19.4. The number of H-pyrrole nitrogens is 1. The van der Waals surface area contributed by atoms with Gasteiger partial charge in [-0.15, -0.1) is 0 Å². The molecule has 0 aliphatic carbocycles. The average molecular weight is 606 g/mol. The lowest BCUT2D eigenvalue weighted by molar-refractivity contribution is -0.137. The Hall–Kier alpha value is -4.07. The van der Waals surface area contributed by atoms with Gasteiger partial charge in [-0.2, -0.15) is 13.2 Å². The van der Waals surface area contributed by atoms with Crippen LogP contribution in [0.5, 0.6) is 0 Å². The molecule has 234 valence electrons. The third-order valence-electron chi connectivity index (χ3n) is 8.00. The van der Waals surface area contributed by atoms with E-state index in [1.165, 1.54) is 17.7 Å². The Kier molecular flexibility index (Phi) is 11.6. The van der Waals surface area contributed by atoms with Gasteiger partial charge in [-0.1, -0.05) is 75.6 Å². The minimum atomic E-state index is -4.43. The number of aromatic nitrogens is 1. The summed E-state index contributed by atoms with van der Waals surface area (Å²) in [6.45, 7) is 5.03. The maximum atomic E-state index is 13.9. The number of hydrogen-bond acceptors (Lipinski definition) is 2. The molecule has 1 heterocycles. The minimum absolute atomic E-state index is 0.106. The summed E-state index contributed by atoms with van der Waals surface area (Å²) in [5, 5.41) is 1.06. The lowest BCUT2D eigenvalue weighted by atomic mass is 10.0. The van der Waals surface area contributed by atoms with Crippen molar-refractivity contribution in [1.82, 2.24) is 14.8 Å². The van der Waals surface area contributed by atoms with E-state index in [2.05, 4.69) is 11.9 Å². The molecule has 5 nitrogen and oxygen atoms in total. The number of nitrogens with zero attached hydrogens (tertiary/aromatic N) is 2. The summed E-state index contributed by atoms with van der Waals surface area (Å²) >= 11 is 0. The predicted octanol–water partition coefficient (Wildman–Crippen LogP) is 8.43. The number of rotatable bonds is 15. The second kappa shape index (κ2) is 15.6. The molecule has 1 aromatic heterocycles. The van der Waals surface area contributed by atoms with Crippen molar-refractivity contribution in [2.24, 2.45) is 0 Å². The highest BCUT2D eigenvalue weighted by molar-refractivity contribution is 5.96. The summed E-state index contributed by atoms with van der Waals surface area (Å²) in [6, 6.07) is 20.5. The van der Waals surface area contributed by atoms with Crippen LogP contribution >= 0.6 is 0 Å². The van der Waals surface area contributed by atoms with Gasteiger partial charge in [-0.05, 0) is 72.7 Å². The Bertz CT molecular complexity index is 1490. The van der Waals surface area contributed by atoms with Crippen LogP contribution in [0.4, 0.5) is 13.2 Å². The zero-order valence-electron chi connectivity index (χ0n) is 25.6. The van der Waals surface area contributed by atoms with Crippen LogP contribution in [0.2, 0.25) is 0 Å². The van der Waals surface area contributed by atoms with Crippen molar-refractivity contribution in [2.45, 2.75) is 71.5 Å². The molecule has 3 aromatic carbocycles. The number of carbonyl (C=O) groups is 2. The first-order chi connectivity index (χ1) is 21.2. The van der Waals surface area contributed by atoms with E-state index in [-0.39, 0.29) is 24.9 Å². The van der Waals surface area contributed by atoms with Crippen LogP contribution in [-0.4, -0.2) is 46.2 Å². The van der Waals surface area contributed by atoms with Crippen LogP contribution in [-0.2, 0) is 30.4 Å². The molecule has 0 unspecified atom stereocenters. The molecule has 44 heavy (non-hydrogen) atoms. The Morgan fingerprint density at radius 1 is 0.750 bits per heavy atom. The minimum Gasteiger partial charge on any atom is -0.361 e. The van der Waals surface area contributed by atoms with Crippen molar-refractivity contribution in [3.05, 3.63) is 107 Å². The first kappa shape index (κ1) is 32.8. The highest BCUT2D eigenvalue weighted by Gasteiger charge is 2.30. The lowest BCUT2D eigenvalue weighted by Gasteiger charge is -2.28. The van der Waals surface area contributed by atoms with Crippen LogP contribution in [0.25, 0.3) is 10.9 Å². The molecule has 0 saturated heterocycles. The molecule has 0 fully saturated rings. The molecule has 0 aliphatic heterocycles. The van der Waals surface area contributed by atoms with Gasteiger partial charge in [-0.3, -0.25) is 9.59 Å². The molecule has 4 rings (SSSR count). The van der Waals surface area contributed by atoms with E-state index >= 15 is 0 Å². The van der Waals surface area contributed by atoms with E-state index in [4.69, 9.17) is 0 Å². The lowest BCUT2D eigenvalue weighted by Crippen LogP contribution is -2.43. The zero-order chi connectivity index (χ0) is 31.5. The van der Waals surface area contributed by atoms with Gasteiger partial charge in [0.2, 0.25) is 5.91 Å². The van der Waals surface area contributed by atoms with Gasteiger partial charge < -0.3 is 14.8 Å². The number of halogens is 3. The number of benzene rings is 3. The summed E-state index contributed by atoms with van der Waals surface area (Å²) in [6.07, 6.45) is 4.05. The van der Waals surface area contributed by atoms with Gasteiger partial charge in [0.05, 0.1) is 5.56 Å². The number of nitrogens with one attached hydrogen (secondary N) is 1. The van der Waals surface area contributed by atoms with E-state index in [1.807, 2.05) is 61.7 Å². The predicted molar refractivity (Wildman–Crippen MR) is 169 cm³/mol. The molecular formula is C36H42F3N3O2. The number of carbonyl (C=O) groups excluding carboxylic acids is 2. The maximum absolute atomic E-state index is 13.9. The van der Waals surface area contributed by atoms with Crippen molar-refractivity contribution in [3.8, 4) is 0 Å². The van der Waals surface area contributed by atoms with E-state index < -0.39 is 11.7 Å². The second-order valence-corrected chi connectivity index (χ2v) is 11.4. The van der Waals surface area contributed by atoms with Crippen molar-refractivity contribution >= 4 is 22.7 Å². The fraction of sp³-hybridized carbons (Fsp3) is 0.389. The van der Waals surface area contributed by atoms with Crippen LogP contribution in [0.15, 0.2) is 79.0 Å². The summed E-state index contributed by atoms with van der Waals surface area (Å²) in [7, 11) is 0. The average Bonchev–Trinajstić information content (AvgIpc) is 3.44. The van der Waals surface area contributed by atoms with Gasteiger partial charge in [0.1, 0.15) is 6.54 Å². The summed E-state index contributed by atoms with van der Waals surface area (Å²) in [5.41, 5.74) is 3.63. The fourth-order valence-electron chi connectivity index (χ4n) is 5.35. The van der Waals surface area contributed by atoms with E-state index in [0.29, 0.717) is 30.6 Å². The number of aromatic amines is 1. The molecule has 8 heteroatoms. The normalized spacial score (nSPS) is 11.6. The molecule has 0 spiro atoms. The van der Waals surface area contributed by atoms with Crippen LogP contribution in [0.1, 0.15) is 78.6 Å². The number of amides is 2. The van der Waals surface area contributed by atoms with Crippen LogP contribution in [0, 0.1) is 0 Å². The Morgan fingerprint density at radius 2 is 1.43 bits per heavy atom. The van der Waals surface area contributed by atoms with Gasteiger partial charge >= 0.3 is 6.18 Å². The quantitative estimate of drug-likeness (QED) is 0.138. The van der Waals surface area contributed by atoms with Crippen LogP contribution < -0.4 is 0 Å². The molecule has 0 saturated carbocycles. The molecular weight excluding hydrogens is 563 g/mol. The van der Waals surface area contributed by atoms with Gasteiger partial charge in [0.25, 0.3) is 5.91 Å². The Morgan fingerprint density at radius 3 is 2.11 bits per heavy atom. The third-order valence-corrected chi connectivity index (χ3v) is 8.00. The maximum Gasteiger partial charge on any atom is 0.416 e. The summed E-state index contributed by atoms with van der Waals surface area (Å²) < 4.78 is 39.5. The molecule has 4 aromatic rings. The Balaban J connectivity index is 1.52. The smallest absolute Gasteiger partial charge is 0.361 e. The standard InChI is InChI=1S/C36H42F3N3O2/c1-3-5-7-10-27-13-17-29(18-14-27)35(44)42(22-6-4-2)26-34(43)41(25-28-15-19-31(20-16-28)36(37,38)39)23-21-30-24-40-33-12-9-8-11-32(30)33/h8-9,11-20,24,40H,3-7,10,21-23,25-26H2,1-2H3. The Labute approximate surface area is 258 Å². The molecule has 0 aliphatic rings. The monoisotopic (exact) mass is 605 g/mol. The topological polar surface area (TPSA) is 56.4 Å². The van der Waals surface area contributed by atoms with Gasteiger partial charge in [0.15, 0.2) is 0 Å². The number of hydrogen-bond donors (Lipinski definition) is 1. The number of alkyl halides is 3. The largest absolute Gasteiger partial charge is 0.416 e.